The Morgan fingerprint density at radius 3 is 2.68 bits per heavy atom. The first kappa shape index (κ1) is 12.2. The first-order valence-corrected chi connectivity index (χ1v) is 6.89. The van der Waals surface area contributed by atoms with Gasteiger partial charge in [-0.05, 0) is 19.1 Å². The van der Waals surface area contributed by atoms with Crippen molar-refractivity contribution in [2.45, 2.75) is 13.5 Å². The molecule has 0 atom stereocenters. The van der Waals surface area contributed by atoms with E-state index in [0.717, 1.165) is 42.8 Å². The molecule has 1 aromatic heterocycles. The van der Waals surface area contributed by atoms with Crippen molar-refractivity contribution in [1.82, 2.24) is 9.88 Å². The van der Waals surface area contributed by atoms with E-state index >= 15 is 0 Å². The van der Waals surface area contributed by atoms with Gasteiger partial charge in [0.15, 0.2) is 0 Å². The predicted octanol–water partition coefficient (Wildman–Crippen LogP) is 1.43. The lowest BCUT2D eigenvalue weighted by Gasteiger charge is -2.29. The van der Waals surface area contributed by atoms with Gasteiger partial charge in [-0.2, -0.15) is 0 Å². The number of hydrogen-bond acceptors (Lipinski definition) is 3. The first-order chi connectivity index (χ1) is 9.31. The van der Waals surface area contributed by atoms with E-state index in [1.54, 1.807) is 0 Å². The largest absolute Gasteiger partial charge is 0.365 e. The minimum atomic E-state index is 0.128. The van der Waals surface area contributed by atoms with Crippen LogP contribution in [0.2, 0.25) is 0 Å². The van der Waals surface area contributed by atoms with E-state index in [4.69, 9.17) is 0 Å². The summed E-state index contributed by atoms with van der Waals surface area (Å²) in [6.07, 6.45) is 0. The quantitative estimate of drug-likeness (QED) is 0.884. The standard InChI is InChI=1S/C15H19N3O/c1-2-18-13-6-4-3-5-12(13)11-14(15(18)19)17-9-7-16-8-10-17/h3-6,11,16H,2,7-10H2,1H3. The normalized spacial score (nSPS) is 15.9. The second-order valence-electron chi connectivity index (χ2n) is 4.87. The number of rotatable bonds is 2. The van der Waals surface area contributed by atoms with E-state index in [0.29, 0.717) is 6.54 Å². The highest BCUT2D eigenvalue weighted by atomic mass is 16.1. The minimum absolute atomic E-state index is 0.128. The fourth-order valence-electron chi connectivity index (χ4n) is 2.76. The Balaban J connectivity index is 2.19. The van der Waals surface area contributed by atoms with E-state index in [-0.39, 0.29) is 5.56 Å². The summed E-state index contributed by atoms with van der Waals surface area (Å²) in [5, 5.41) is 4.46. The molecular weight excluding hydrogens is 238 g/mol. The maximum atomic E-state index is 12.6. The van der Waals surface area contributed by atoms with Gasteiger partial charge >= 0.3 is 0 Å². The Labute approximate surface area is 112 Å². The lowest BCUT2D eigenvalue weighted by atomic mass is 10.2. The smallest absolute Gasteiger partial charge is 0.274 e. The van der Waals surface area contributed by atoms with Crippen molar-refractivity contribution in [3.8, 4) is 0 Å². The van der Waals surface area contributed by atoms with E-state index in [2.05, 4.69) is 16.3 Å². The molecule has 1 N–H and O–H groups in total. The number of pyridine rings is 1. The van der Waals surface area contributed by atoms with Gasteiger partial charge in [0.25, 0.3) is 5.56 Å². The molecule has 19 heavy (non-hydrogen) atoms. The average molecular weight is 257 g/mol. The van der Waals surface area contributed by atoms with Crippen molar-refractivity contribution in [3.05, 3.63) is 40.7 Å². The Hall–Kier alpha value is -1.81. The van der Waals surface area contributed by atoms with Crippen LogP contribution in [0.5, 0.6) is 0 Å². The lowest BCUT2D eigenvalue weighted by Crippen LogP contribution is -2.46. The fourth-order valence-corrected chi connectivity index (χ4v) is 2.76. The van der Waals surface area contributed by atoms with Gasteiger partial charge in [0, 0.05) is 38.1 Å². The van der Waals surface area contributed by atoms with Crippen molar-refractivity contribution in [1.29, 1.82) is 0 Å². The first-order valence-electron chi connectivity index (χ1n) is 6.89. The van der Waals surface area contributed by atoms with Crippen molar-refractivity contribution in [2.75, 3.05) is 31.1 Å². The second-order valence-corrected chi connectivity index (χ2v) is 4.87. The molecule has 0 amide bonds. The monoisotopic (exact) mass is 257 g/mol. The molecule has 0 radical (unpaired) electrons. The Bertz CT molecular complexity index is 641. The number of benzene rings is 1. The third kappa shape index (κ3) is 2.12. The molecule has 0 unspecified atom stereocenters. The third-order valence-corrected chi connectivity index (χ3v) is 3.76. The Morgan fingerprint density at radius 1 is 1.21 bits per heavy atom. The van der Waals surface area contributed by atoms with Crippen molar-refractivity contribution in [2.24, 2.45) is 0 Å². The minimum Gasteiger partial charge on any atom is -0.365 e. The van der Waals surface area contributed by atoms with Crippen LogP contribution in [0, 0.1) is 0 Å². The fraction of sp³-hybridized carbons (Fsp3) is 0.400. The number of hydrogen-bond donors (Lipinski definition) is 1. The summed E-state index contributed by atoms with van der Waals surface area (Å²) in [6.45, 7) is 6.42. The predicted molar refractivity (Wildman–Crippen MR) is 79.0 cm³/mol. The molecule has 1 fully saturated rings. The SMILES string of the molecule is CCn1c(=O)c(N2CCNCC2)cc2ccccc21. The van der Waals surface area contributed by atoms with E-state index in [9.17, 15) is 4.79 Å². The molecular formula is C15H19N3O. The molecule has 1 aliphatic heterocycles. The lowest BCUT2D eigenvalue weighted by molar-refractivity contribution is 0.585. The summed E-state index contributed by atoms with van der Waals surface area (Å²) in [7, 11) is 0. The van der Waals surface area contributed by atoms with Crippen LogP contribution < -0.4 is 15.8 Å². The second kappa shape index (κ2) is 5.05. The van der Waals surface area contributed by atoms with Crippen LogP contribution in [0.25, 0.3) is 10.9 Å². The number of aryl methyl sites for hydroxylation is 1. The summed E-state index contributed by atoms with van der Waals surface area (Å²) >= 11 is 0. The molecule has 4 nitrogen and oxygen atoms in total. The van der Waals surface area contributed by atoms with Gasteiger partial charge in [-0.25, -0.2) is 0 Å². The molecule has 1 aliphatic rings. The number of nitrogens with zero attached hydrogens (tertiary/aromatic N) is 2. The molecule has 3 rings (SSSR count). The summed E-state index contributed by atoms with van der Waals surface area (Å²) < 4.78 is 1.87. The van der Waals surface area contributed by atoms with Crippen LogP contribution in [0.3, 0.4) is 0 Å². The number of anilines is 1. The van der Waals surface area contributed by atoms with Crippen LogP contribution >= 0.6 is 0 Å². The van der Waals surface area contributed by atoms with Crippen LogP contribution in [-0.4, -0.2) is 30.7 Å². The average Bonchev–Trinajstić information content (AvgIpc) is 2.47. The van der Waals surface area contributed by atoms with Crippen molar-refractivity contribution >= 4 is 16.6 Å². The molecule has 0 bridgehead atoms. The molecule has 100 valence electrons. The van der Waals surface area contributed by atoms with Crippen LogP contribution in [0.4, 0.5) is 5.69 Å². The van der Waals surface area contributed by atoms with E-state index in [1.165, 1.54) is 0 Å². The van der Waals surface area contributed by atoms with Crippen LogP contribution in [-0.2, 0) is 6.54 Å². The number of piperazine rings is 1. The zero-order valence-electron chi connectivity index (χ0n) is 11.2. The maximum absolute atomic E-state index is 12.6. The Morgan fingerprint density at radius 2 is 1.95 bits per heavy atom. The van der Waals surface area contributed by atoms with Gasteiger partial charge in [-0.1, -0.05) is 18.2 Å². The van der Waals surface area contributed by atoms with Gasteiger partial charge in [-0.3, -0.25) is 4.79 Å². The summed E-state index contributed by atoms with van der Waals surface area (Å²) in [6, 6.07) is 10.1. The van der Waals surface area contributed by atoms with Gasteiger partial charge in [0.1, 0.15) is 5.69 Å². The molecule has 1 saturated heterocycles. The number of nitrogens with one attached hydrogen (secondary N) is 1. The van der Waals surface area contributed by atoms with Gasteiger partial charge in [0.2, 0.25) is 0 Å². The summed E-state index contributed by atoms with van der Waals surface area (Å²) in [5.41, 5.74) is 1.99. The zero-order chi connectivity index (χ0) is 13.2. The van der Waals surface area contributed by atoms with Gasteiger partial charge in [-0.15, -0.1) is 0 Å². The zero-order valence-corrected chi connectivity index (χ0v) is 11.2. The van der Waals surface area contributed by atoms with Gasteiger partial charge in [0.05, 0.1) is 5.52 Å². The molecule has 1 aromatic carbocycles. The van der Waals surface area contributed by atoms with E-state index in [1.807, 2.05) is 35.8 Å². The maximum Gasteiger partial charge on any atom is 0.274 e. The van der Waals surface area contributed by atoms with E-state index < -0.39 is 0 Å². The molecule has 0 spiro atoms. The van der Waals surface area contributed by atoms with Gasteiger partial charge < -0.3 is 14.8 Å². The molecule has 2 aromatic rings. The molecule has 0 saturated carbocycles. The van der Waals surface area contributed by atoms with Crippen molar-refractivity contribution in [3.63, 3.8) is 0 Å². The molecule has 4 heteroatoms. The van der Waals surface area contributed by atoms with Crippen molar-refractivity contribution < 1.29 is 0 Å². The number of para-hydroxylation sites is 1. The third-order valence-electron chi connectivity index (χ3n) is 3.76. The summed E-state index contributed by atoms with van der Waals surface area (Å²) in [4.78, 5) is 14.8. The summed E-state index contributed by atoms with van der Waals surface area (Å²) in [5.74, 6) is 0. The van der Waals surface area contributed by atoms with Crippen LogP contribution in [0.1, 0.15) is 6.92 Å². The molecule has 0 aliphatic carbocycles. The highest BCUT2D eigenvalue weighted by molar-refractivity contribution is 5.82. The number of fused-ring (bicyclic) bond motifs is 1. The topological polar surface area (TPSA) is 37.3 Å². The Kier molecular flexibility index (Phi) is 3.25. The number of aromatic nitrogens is 1. The van der Waals surface area contributed by atoms with Crippen LogP contribution in [0.15, 0.2) is 35.1 Å². The highest BCUT2D eigenvalue weighted by Gasteiger charge is 2.16. The molecule has 2 heterocycles. The highest BCUT2D eigenvalue weighted by Crippen LogP contribution is 2.18.